The molecular formula is C16H27NO5. The molecule has 0 aliphatic carbocycles. The van der Waals surface area contributed by atoms with Crippen molar-refractivity contribution in [2.24, 2.45) is 0 Å². The summed E-state index contributed by atoms with van der Waals surface area (Å²) in [5.41, 5.74) is 0. The van der Waals surface area contributed by atoms with Gasteiger partial charge in [-0.1, -0.05) is 31.2 Å². The normalized spacial score (nSPS) is 15.1. The summed E-state index contributed by atoms with van der Waals surface area (Å²) in [6.07, 6.45) is 5.44. The molecule has 0 spiro atoms. The Balaban J connectivity index is 4.46. The molecule has 0 amide bonds. The van der Waals surface area contributed by atoms with Crippen molar-refractivity contribution in [3.05, 3.63) is 24.3 Å². The van der Waals surface area contributed by atoms with E-state index < -0.39 is 24.1 Å². The van der Waals surface area contributed by atoms with Gasteiger partial charge in [-0.05, 0) is 6.42 Å². The smallest absolute Gasteiger partial charge is 0.309 e. The highest BCUT2D eigenvalue weighted by Gasteiger charge is 2.23. The van der Waals surface area contributed by atoms with Crippen molar-refractivity contribution in [2.75, 3.05) is 27.7 Å². The lowest BCUT2D eigenvalue weighted by molar-refractivity contribution is -0.873. The van der Waals surface area contributed by atoms with E-state index in [0.717, 1.165) is 6.42 Å². The highest BCUT2D eigenvalue weighted by atomic mass is 16.5. The Morgan fingerprint density at radius 2 is 1.86 bits per heavy atom. The van der Waals surface area contributed by atoms with Crippen LogP contribution < -0.4 is 5.11 Å². The quantitative estimate of drug-likeness (QED) is 0.349. The first-order chi connectivity index (χ1) is 10.1. The van der Waals surface area contributed by atoms with Crippen molar-refractivity contribution in [1.82, 2.24) is 0 Å². The molecular weight excluding hydrogens is 286 g/mol. The molecule has 0 aliphatic heterocycles. The molecule has 0 aromatic heterocycles. The summed E-state index contributed by atoms with van der Waals surface area (Å²) in [5.74, 6) is -1.90. The Labute approximate surface area is 132 Å². The molecule has 0 aromatic rings. The highest BCUT2D eigenvalue weighted by Crippen LogP contribution is 2.07. The predicted molar refractivity (Wildman–Crippen MR) is 81.6 cm³/mol. The molecule has 0 aliphatic rings. The molecule has 0 saturated heterocycles. The lowest BCUT2D eigenvalue weighted by Gasteiger charge is -2.29. The van der Waals surface area contributed by atoms with Gasteiger partial charge in [-0.3, -0.25) is 4.79 Å². The molecule has 1 N–H and O–H groups in total. The van der Waals surface area contributed by atoms with Gasteiger partial charge in [0.25, 0.3) is 0 Å². The Hall–Kier alpha value is -1.66. The summed E-state index contributed by atoms with van der Waals surface area (Å²) in [5, 5.41) is 20.4. The van der Waals surface area contributed by atoms with Gasteiger partial charge in [-0.15, -0.1) is 0 Å². The Kier molecular flexibility index (Phi) is 9.37. The fraction of sp³-hybridized carbons (Fsp3) is 0.625. The Morgan fingerprint density at radius 3 is 2.36 bits per heavy atom. The van der Waals surface area contributed by atoms with Crippen LogP contribution in [0.3, 0.4) is 0 Å². The number of allylic oxidation sites excluding steroid dienone is 3. The maximum absolute atomic E-state index is 11.8. The number of aliphatic hydroxyl groups is 1. The number of nitrogens with zero attached hydrogens (tertiary/aromatic N) is 1. The van der Waals surface area contributed by atoms with E-state index >= 15 is 0 Å². The number of likely N-dealkylation sites (N-methyl/N-ethyl adjacent to an activating group) is 1. The molecule has 2 atom stereocenters. The van der Waals surface area contributed by atoms with Crippen LogP contribution in [0.25, 0.3) is 0 Å². The van der Waals surface area contributed by atoms with Crippen molar-refractivity contribution < 1.29 is 29.0 Å². The van der Waals surface area contributed by atoms with Gasteiger partial charge < -0.3 is 24.2 Å². The standard InChI is InChI=1S/C16H27NO5/c1-5-6-7-8-9-13(18)10-16(21)22-14(11-15(19)20)12-17(2,3)4/h6-9,13-14,18H,5,10-12H2,1-4H3/b7-6+,9-8+. The monoisotopic (exact) mass is 313 g/mol. The van der Waals surface area contributed by atoms with Gasteiger partial charge in [0, 0.05) is 12.4 Å². The predicted octanol–water partition coefficient (Wildman–Crippen LogP) is 0.0178. The minimum absolute atomic E-state index is 0.211. The van der Waals surface area contributed by atoms with E-state index in [0.29, 0.717) is 11.0 Å². The molecule has 6 nitrogen and oxygen atoms in total. The van der Waals surface area contributed by atoms with E-state index in [1.165, 1.54) is 6.08 Å². The average Bonchev–Trinajstić information content (AvgIpc) is 2.31. The number of ether oxygens (including phenoxy) is 1. The summed E-state index contributed by atoms with van der Waals surface area (Å²) in [6, 6.07) is 0. The first kappa shape index (κ1) is 20.3. The largest absolute Gasteiger partial charge is 0.550 e. The van der Waals surface area contributed by atoms with Crippen molar-refractivity contribution in [3.63, 3.8) is 0 Å². The van der Waals surface area contributed by atoms with E-state index in [9.17, 15) is 19.8 Å². The number of carboxylic acid groups (broad SMARTS) is 1. The molecule has 0 saturated carbocycles. The maximum atomic E-state index is 11.8. The van der Waals surface area contributed by atoms with Crippen molar-refractivity contribution >= 4 is 11.9 Å². The molecule has 22 heavy (non-hydrogen) atoms. The number of quaternary nitrogens is 1. The van der Waals surface area contributed by atoms with E-state index in [2.05, 4.69) is 0 Å². The third-order valence-electron chi connectivity index (χ3n) is 2.64. The Bertz CT molecular complexity index is 409. The maximum Gasteiger partial charge on any atom is 0.309 e. The number of rotatable bonds is 10. The van der Waals surface area contributed by atoms with E-state index in [1.807, 2.05) is 34.1 Å². The van der Waals surface area contributed by atoms with Gasteiger partial charge >= 0.3 is 5.97 Å². The highest BCUT2D eigenvalue weighted by molar-refractivity contribution is 5.71. The zero-order valence-electron chi connectivity index (χ0n) is 13.8. The van der Waals surface area contributed by atoms with Gasteiger partial charge in [0.05, 0.1) is 33.7 Å². The van der Waals surface area contributed by atoms with Gasteiger partial charge in [-0.25, -0.2) is 0 Å². The van der Waals surface area contributed by atoms with Crippen LogP contribution in [-0.4, -0.2) is 61.4 Å². The minimum Gasteiger partial charge on any atom is -0.550 e. The van der Waals surface area contributed by atoms with Crippen molar-refractivity contribution in [1.29, 1.82) is 0 Å². The molecule has 0 bridgehead atoms. The lowest BCUT2D eigenvalue weighted by atomic mass is 10.2. The zero-order valence-corrected chi connectivity index (χ0v) is 13.8. The first-order valence-corrected chi connectivity index (χ1v) is 7.35. The molecule has 0 radical (unpaired) electrons. The SMILES string of the molecule is CC/C=C/C=C/C(O)CC(=O)OC(CC(=O)[O-])C[N+](C)(C)C. The number of aliphatic hydroxyl groups excluding tert-OH is 1. The first-order valence-electron chi connectivity index (χ1n) is 7.35. The second-order valence-corrected chi connectivity index (χ2v) is 6.15. The minimum atomic E-state index is -1.27. The Morgan fingerprint density at radius 1 is 1.23 bits per heavy atom. The van der Waals surface area contributed by atoms with Gasteiger partial charge in [-0.2, -0.15) is 0 Å². The van der Waals surface area contributed by atoms with Crippen LogP contribution in [0.4, 0.5) is 0 Å². The van der Waals surface area contributed by atoms with Crippen LogP contribution in [0.15, 0.2) is 24.3 Å². The van der Waals surface area contributed by atoms with E-state index in [1.54, 1.807) is 12.2 Å². The summed E-state index contributed by atoms with van der Waals surface area (Å²) in [6.45, 7) is 2.34. The molecule has 2 unspecified atom stereocenters. The second-order valence-electron chi connectivity index (χ2n) is 6.15. The second kappa shape index (κ2) is 10.1. The molecule has 0 heterocycles. The van der Waals surface area contributed by atoms with E-state index in [4.69, 9.17) is 4.74 Å². The fourth-order valence-corrected chi connectivity index (χ4v) is 1.82. The van der Waals surface area contributed by atoms with Crippen LogP contribution in [0.5, 0.6) is 0 Å². The van der Waals surface area contributed by atoms with Crippen molar-refractivity contribution in [2.45, 2.75) is 38.4 Å². The van der Waals surface area contributed by atoms with Gasteiger partial charge in [0.2, 0.25) is 0 Å². The number of carboxylic acids is 1. The molecule has 6 heteroatoms. The number of hydrogen-bond acceptors (Lipinski definition) is 5. The number of esters is 1. The molecule has 0 rings (SSSR count). The molecule has 0 aromatic carbocycles. The van der Waals surface area contributed by atoms with Crippen LogP contribution in [0.1, 0.15) is 26.2 Å². The van der Waals surface area contributed by atoms with E-state index in [-0.39, 0.29) is 12.8 Å². The number of carbonyl (C=O) groups is 2. The topological polar surface area (TPSA) is 86.7 Å². The third kappa shape index (κ3) is 12.1. The summed E-state index contributed by atoms with van der Waals surface area (Å²) in [7, 11) is 5.61. The number of hydrogen-bond donors (Lipinski definition) is 1. The van der Waals surface area contributed by atoms with Crippen LogP contribution in [0, 0.1) is 0 Å². The number of aliphatic carboxylic acids is 1. The van der Waals surface area contributed by atoms with Gasteiger partial charge in [0.1, 0.15) is 6.54 Å². The van der Waals surface area contributed by atoms with Crippen LogP contribution in [-0.2, 0) is 14.3 Å². The average molecular weight is 313 g/mol. The fourth-order valence-electron chi connectivity index (χ4n) is 1.82. The lowest BCUT2D eigenvalue weighted by Crippen LogP contribution is -2.45. The summed E-state index contributed by atoms with van der Waals surface area (Å²) < 4.78 is 5.60. The summed E-state index contributed by atoms with van der Waals surface area (Å²) >= 11 is 0. The van der Waals surface area contributed by atoms with Crippen LogP contribution >= 0.6 is 0 Å². The zero-order chi connectivity index (χ0) is 17.2. The molecule has 126 valence electrons. The van der Waals surface area contributed by atoms with Gasteiger partial charge in [0.15, 0.2) is 6.10 Å². The number of carbonyl (C=O) groups excluding carboxylic acids is 2. The van der Waals surface area contributed by atoms with Crippen LogP contribution in [0.2, 0.25) is 0 Å². The summed E-state index contributed by atoms with van der Waals surface area (Å²) in [4.78, 5) is 22.5. The third-order valence-corrected chi connectivity index (χ3v) is 2.64. The molecule has 0 fully saturated rings. The van der Waals surface area contributed by atoms with Crippen molar-refractivity contribution in [3.8, 4) is 0 Å².